The highest BCUT2D eigenvalue weighted by molar-refractivity contribution is 6.11. The molecule has 0 fully saturated rings. The van der Waals surface area contributed by atoms with Crippen molar-refractivity contribution >= 4 is 43.6 Å². The van der Waals surface area contributed by atoms with Gasteiger partial charge >= 0.3 is 0 Å². The van der Waals surface area contributed by atoms with Crippen molar-refractivity contribution < 1.29 is 4.39 Å². The van der Waals surface area contributed by atoms with Crippen molar-refractivity contribution in [2.24, 2.45) is 0 Å². The van der Waals surface area contributed by atoms with Gasteiger partial charge in [-0.3, -0.25) is 0 Å². The summed E-state index contributed by atoms with van der Waals surface area (Å²) in [7, 11) is 0. The smallest absolute Gasteiger partial charge is 0.125 e. The first-order valence-electron chi connectivity index (χ1n) is 13.5. The largest absolute Gasteiger partial charge is 0.309 e. The summed E-state index contributed by atoms with van der Waals surface area (Å²) in [6.45, 7) is 0. The fourth-order valence-electron chi connectivity index (χ4n) is 6.32. The summed E-state index contributed by atoms with van der Waals surface area (Å²) in [5.74, 6) is -0.441. The summed E-state index contributed by atoms with van der Waals surface area (Å²) < 4.78 is 19.5. The monoisotopic (exact) mass is 527 g/mol. The lowest BCUT2D eigenvalue weighted by atomic mass is 9.98. The zero-order valence-electron chi connectivity index (χ0n) is 21.9. The summed E-state index contributed by atoms with van der Waals surface area (Å²) in [6.07, 6.45) is 0. The molecule has 0 aliphatic rings. The van der Waals surface area contributed by atoms with Gasteiger partial charge in [0.25, 0.3) is 0 Å². The van der Waals surface area contributed by atoms with Gasteiger partial charge in [0.15, 0.2) is 0 Å². The van der Waals surface area contributed by atoms with Crippen molar-refractivity contribution in [1.82, 2.24) is 9.13 Å². The third-order valence-electron chi connectivity index (χ3n) is 7.99. The van der Waals surface area contributed by atoms with Crippen LogP contribution in [-0.2, 0) is 0 Å². The Labute approximate surface area is 235 Å². The van der Waals surface area contributed by atoms with Crippen LogP contribution >= 0.6 is 0 Å². The van der Waals surface area contributed by atoms with Crippen LogP contribution in [0.5, 0.6) is 0 Å². The molecule has 0 unspecified atom stereocenters. The Morgan fingerprint density at radius 1 is 0.512 bits per heavy atom. The molecule has 0 atom stereocenters. The van der Waals surface area contributed by atoms with E-state index in [1.54, 1.807) is 6.07 Å². The number of hydrogen-bond acceptors (Lipinski definition) is 1. The second kappa shape index (κ2) is 8.94. The molecule has 0 aliphatic carbocycles. The maximum atomic E-state index is 15.2. The van der Waals surface area contributed by atoms with Gasteiger partial charge in [0, 0.05) is 32.8 Å². The zero-order valence-corrected chi connectivity index (χ0v) is 21.9. The summed E-state index contributed by atoms with van der Waals surface area (Å²) in [4.78, 5) is 0. The molecule has 0 saturated heterocycles. The van der Waals surface area contributed by atoms with Crippen LogP contribution in [0.25, 0.3) is 66.1 Å². The molecule has 8 aromatic rings. The third kappa shape index (κ3) is 3.43. The van der Waals surface area contributed by atoms with Gasteiger partial charge in [-0.1, -0.05) is 84.9 Å². The van der Waals surface area contributed by atoms with E-state index in [9.17, 15) is 5.26 Å². The molecule has 192 valence electrons. The SMILES string of the molecule is N#Cc1cc(F)cc(-c2cccc(-n3c4ccccc4c4ccccc43)c2)c1-n1c2ccccc2c2ccccc21. The van der Waals surface area contributed by atoms with Gasteiger partial charge in [0.2, 0.25) is 0 Å². The second-order valence-electron chi connectivity index (χ2n) is 10.3. The van der Waals surface area contributed by atoms with E-state index in [1.807, 2.05) is 48.5 Å². The highest BCUT2D eigenvalue weighted by Crippen LogP contribution is 2.39. The second-order valence-corrected chi connectivity index (χ2v) is 10.3. The van der Waals surface area contributed by atoms with E-state index in [0.29, 0.717) is 11.3 Å². The van der Waals surface area contributed by atoms with Crippen molar-refractivity contribution in [3.8, 4) is 28.6 Å². The first-order chi connectivity index (χ1) is 20.2. The normalized spacial score (nSPS) is 11.5. The highest BCUT2D eigenvalue weighted by atomic mass is 19.1. The maximum Gasteiger partial charge on any atom is 0.125 e. The van der Waals surface area contributed by atoms with Crippen LogP contribution in [-0.4, -0.2) is 9.13 Å². The molecule has 6 aromatic carbocycles. The lowest BCUT2D eigenvalue weighted by Gasteiger charge is -2.17. The van der Waals surface area contributed by atoms with E-state index in [0.717, 1.165) is 44.1 Å². The average molecular weight is 528 g/mol. The van der Waals surface area contributed by atoms with Gasteiger partial charge in [-0.05, 0) is 54.1 Å². The summed E-state index contributed by atoms with van der Waals surface area (Å²) in [5, 5.41) is 14.8. The van der Waals surface area contributed by atoms with Crippen LogP contribution in [0.1, 0.15) is 5.56 Å². The molecule has 0 amide bonds. The average Bonchev–Trinajstić information content (AvgIpc) is 3.54. The molecule has 0 radical (unpaired) electrons. The van der Waals surface area contributed by atoms with Crippen LogP contribution in [0.3, 0.4) is 0 Å². The minimum atomic E-state index is -0.441. The first-order valence-corrected chi connectivity index (χ1v) is 13.5. The minimum Gasteiger partial charge on any atom is -0.309 e. The number of nitriles is 1. The van der Waals surface area contributed by atoms with Gasteiger partial charge in [-0.2, -0.15) is 5.26 Å². The Balaban J connectivity index is 1.45. The standard InChI is InChI=1S/C37H22FN3/c38-26-20-25(23-39)37(41-35-18-7-3-14-30(35)31-15-4-8-19-36(31)41)32(22-26)24-10-9-11-27(21-24)40-33-16-5-1-12-28(33)29-13-2-6-17-34(29)40/h1-22H. The molecule has 0 saturated carbocycles. The molecule has 41 heavy (non-hydrogen) atoms. The van der Waals surface area contributed by atoms with E-state index in [2.05, 4.69) is 88.0 Å². The molecular formula is C37H22FN3. The number of rotatable bonds is 3. The molecule has 3 nitrogen and oxygen atoms in total. The number of halogens is 1. The lowest BCUT2D eigenvalue weighted by Crippen LogP contribution is -2.02. The number of nitrogens with zero attached hydrogens (tertiary/aromatic N) is 3. The highest BCUT2D eigenvalue weighted by Gasteiger charge is 2.21. The van der Waals surface area contributed by atoms with Gasteiger partial charge in [0.1, 0.15) is 11.9 Å². The van der Waals surface area contributed by atoms with Gasteiger partial charge in [-0.25, -0.2) is 4.39 Å². The van der Waals surface area contributed by atoms with Crippen LogP contribution in [0.2, 0.25) is 0 Å². The first kappa shape index (κ1) is 23.2. The fourth-order valence-corrected chi connectivity index (χ4v) is 6.32. The molecule has 2 aromatic heterocycles. The van der Waals surface area contributed by atoms with E-state index >= 15 is 4.39 Å². The van der Waals surface area contributed by atoms with Crippen molar-refractivity contribution in [1.29, 1.82) is 5.26 Å². The molecule has 0 N–H and O–H groups in total. The number of aromatic nitrogens is 2. The van der Waals surface area contributed by atoms with Crippen molar-refractivity contribution in [2.75, 3.05) is 0 Å². The Kier molecular flexibility index (Phi) is 5.07. The van der Waals surface area contributed by atoms with Crippen molar-refractivity contribution in [3.63, 3.8) is 0 Å². The molecule has 4 heteroatoms. The number of fused-ring (bicyclic) bond motifs is 6. The van der Waals surface area contributed by atoms with Crippen LogP contribution in [0, 0.1) is 17.1 Å². The van der Waals surface area contributed by atoms with Crippen molar-refractivity contribution in [2.45, 2.75) is 0 Å². The quantitative estimate of drug-likeness (QED) is 0.225. The lowest BCUT2D eigenvalue weighted by molar-refractivity contribution is 0.627. The molecular weight excluding hydrogens is 505 g/mol. The Hall–Kier alpha value is -5.66. The Morgan fingerprint density at radius 3 is 1.51 bits per heavy atom. The summed E-state index contributed by atoms with van der Waals surface area (Å²) >= 11 is 0. The van der Waals surface area contributed by atoms with E-state index in [-0.39, 0.29) is 5.56 Å². The topological polar surface area (TPSA) is 33.6 Å². The third-order valence-corrected chi connectivity index (χ3v) is 7.99. The molecule has 0 bridgehead atoms. The minimum absolute atomic E-state index is 0.286. The Morgan fingerprint density at radius 2 is 1.00 bits per heavy atom. The van der Waals surface area contributed by atoms with E-state index in [4.69, 9.17) is 0 Å². The zero-order chi connectivity index (χ0) is 27.5. The number of para-hydroxylation sites is 4. The fraction of sp³-hybridized carbons (Fsp3) is 0. The van der Waals surface area contributed by atoms with Crippen molar-refractivity contribution in [3.05, 3.63) is 145 Å². The summed E-state index contributed by atoms with van der Waals surface area (Å²) in [5.41, 5.74) is 7.56. The van der Waals surface area contributed by atoms with E-state index < -0.39 is 5.82 Å². The molecule has 8 rings (SSSR count). The predicted octanol–water partition coefficient (Wildman–Crippen LogP) is 9.56. The van der Waals surface area contributed by atoms with Crippen LogP contribution in [0.4, 0.5) is 4.39 Å². The number of benzene rings is 6. The molecule has 0 aliphatic heterocycles. The number of hydrogen-bond donors (Lipinski definition) is 0. The van der Waals surface area contributed by atoms with Crippen LogP contribution in [0.15, 0.2) is 133 Å². The van der Waals surface area contributed by atoms with Gasteiger partial charge in [0.05, 0.1) is 33.3 Å². The predicted molar refractivity (Wildman–Crippen MR) is 165 cm³/mol. The van der Waals surface area contributed by atoms with Gasteiger partial charge < -0.3 is 9.13 Å². The van der Waals surface area contributed by atoms with E-state index in [1.165, 1.54) is 16.8 Å². The van der Waals surface area contributed by atoms with Gasteiger partial charge in [-0.15, -0.1) is 0 Å². The van der Waals surface area contributed by atoms with Crippen LogP contribution < -0.4 is 0 Å². The summed E-state index contributed by atoms with van der Waals surface area (Å²) in [6, 6.07) is 46.4. The molecule has 0 spiro atoms. The molecule has 2 heterocycles. The Bertz CT molecular complexity index is 2240. The maximum absolute atomic E-state index is 15.2.